The van der Waals surface area contributed by atoms with Gasteiger partial charge in [-0.05, 0) is 52.0 Å². The smallest absolute Gasteiger partial charge is 0.133 e. The fraction of sp³-hybridized carbons (Fsp3) is 0.286. The van der Waals surface area contributed by atoms with E-state index in [9.17, 15) is 0 Å². The molecule has 0 aliphatic heterocycles. The highest BCUT2D eigenvalue weighted by Crippen LogP contribution is 2.26. The number of hydrogen-bond donors (Lipinski definition) is 1. The number of ether oxygens (including phenoxy) is 1. The van der Waals surface area contributed by atoms with Gasteiger partial charge in [0.05, 0.1) is 11.6 Å². The molecule has 1 atom stereocenters. The minimum atomic E-state index is 0.380. The molecule has 2 rings (SSSR count). The number of halogens is 1. The molecule has 0 saturated carbocycles. The summed E-state index contributed by atoms with van der Waals surface area (Å²) in [5, 5.41) is 5.62. The van der Waals surface area contributed by atoms with E-state index in [-0.39, 0.29) is 0 Å². The van der Waals surface area contributed by atoms with Crippen molar-refractivity contribution in [1.29, 1.82) is 0 Å². The molecule has 0 spiro atoms. The molecule has 1 aromatic carbocycles. The van der Waals surface area contributed by atoms with Gasteiger partial charge in [-0.3, -0.25) is 0 Å². The predicted molar refractivity (Wildman–Crippen MR) is 80.3 cm³/mol. The molecule has 0 unspecified atom stereocenters. The largest absolute Gasteiger partial charge is 0.496 e. The Morgan fingerprint density at radius 3 is 2.83 bits per heavy atom. The van der Waals surface area contributed by atoms with Crippen LogP contribution in [0.5, 0.6) is 5.75 Å². The quantitative estimate of drug-likeness (QED) is 0.881. The summed E-state index contributed by atoms with van der Waals surface area (Å²) in [5.74, 6) is 0.866. The van der Waals surface area contributed by atoms with Crippen molar-refractivity contribution in [3.63, 3.8) is 0 Å². The molecule has 1 N–H and O–H groups in total. The Bertz CT molecular complexity index is 499. The van der Waals surface area contributed by atoms with Crippen molar-refractivity contribution in [2.75, 3.05) is 7.11 Å². The van der Waals surface area contributed by atoms with Gasteiger partial charge in [-0.2, -0.15) is 0 Å². The summed E-state index contributed by atoms with van der Waals surface area (Å²) < 4.78 is 6.21. The van der Waals surface area contributed by atoms with E-state index < -0.39 is 0 Å². The monoisotopic (exact) mass is 325 g/mol. The van der Waals surface area contributed by atoms with Crippen LogP contribution in [0.1, 0.15) is 23.4 Å². The van der Waals surface area contributed by atoms with Crippen molar-refractivity contribution in [3.05, 3.63) is 50.6 Å². The molecule has 4 heteroatoms. The summed E-state index contributed by atoms with van der Waals surface area (Å²) in [5.41, 5.74) is 1.24. The maximum Gasteiger partial charge on any atom is 0.133 e. The zero-order valence-corrected chi connectivity index (χ0v) is 12.8. The molecule has 0 radical (unpaired) electrons. The van der Waals surface area contributed by atoms with E-state index >= 15 is 0 Å². The van der Waals surface area contributed by atoms with Gasteiger partial charge in [0, 0.05) is 17.5 Å². The van der Waals surface area contributed by atoms with E-state index in [1.165, 1.54) is 10.4 Å². The van der Waals surface area contributed by atoms with E-state index in [1.54, 1.807) is 18.4 Å². The summed E-state index contributed by atoms with van der Waals surface area (Å²) in [6.07, 6.45) is 0. The first kappa shape index (κ1) is 13.6. The Hall–Kier alpha value is -0.840. The molecule has 0 aliphatic rings. The Morgan fingerprint density at radius 2 is 2.22 bits per heavy atom. The van der Waals surface area contributed by atoms with Crippen LogP contribution in [0, 0.1) is 0 Å². The lowest BCUT2D eigenvalue weighted by Gasteiger charge is -2.13. The lowest BCUT2D eigenvalue weighted by atomic mass is 10.2. The minimum Gasteiger partial charge on any atom is -0.496 e. The third-order valence-corrected chi connectivity index (χ3v) is 4.47. The van der Waals surface area contributed by atoms with Gasteiger partial charge in [-0.1, -0.05) is 12.1 Å². The van der Waals surface area contributed by atoms with Crippen molar-refractivity contribution < 1.29 is 4.74 Å². The van der Waals surface area contributed by atoms with E-state index in [1.807, 2.05) is 6.07 Å². The summed E-state index contributed by atoms with van der Waals surface area (Å²) in [7, 11) is 1.68. The Balaban J connectivity index is 1.96. The average Bonchev–Trinajstić information content (AvgIpc) is 2.90. The third-order valence-electron chi connectivity index (χ3n) is 2.80. The number of nitrogens with one attached hydrogen (secondary N) is 1. The van der Waals surface area contributed by atoms with Gasteiger partial charge in [0.25, 0.3) is 0 Å². The number of hydrogen-bond acceptors (Lipinski definition) is 3. The maximum absolute atomic E-state index is 5.22. The van der Waals surface area contributed by atoms with Crippen molar-refractivity contribution in [1.82, 2.24) is 5.32 Å². The molecular formula is C14H16BrNOS. The normalized spacial score (nSPS) is 12.4. The second-order valence-electron chi connectivity index (χ2n) is 4.09. The van der Waals surface area contributed by atoms with Crippen LogP contribution in [0.4, 0.5) is 0 Å². The maximum atomic E-state index is 5.22. The van der Waals surface area contributed by atoms with Crippen LogP contribution in [0.3, 0.4) is 0 Å². The molecule has 1 aromatic heterocycles. The Kier molecular flexibility index (Phi) is 4.80. The third kappa shape index (κ3) is 3.34. The lowest BCUT2D eigenvalue weighted by molar-refractivity contribution is 0.412. The zero-order valence-electron chi connectivity index (χ0n) is 10.4. The average molecular weight is 326 g/mol. The number of methoxy groups -OCH3 is 1. The molecule has 1 heterocycles. The predicted octanol–water partition coefficient (Wildman–Crippen LogP) is 4.37. The second kappa shape index (κ2) is 6.36. The summed E-state index contributed by atoms with van der Waals surface area (Å²) in [6.45, 7) is 3.03. The van der Waals surface area contributed by atoms with E-state index in [0.717, 1.165) is 16.8 Å². The number of benzene rings is 1. The van der Waals surface area contributed by atoms with Crippen LogP contribution >= 0.6 is 27.3 Å². The van der Waals surface area contributed by atoms with Crippen LogP contribution < -0.4 is 10.1 Å². The number of rotatable bonds is 5. The fourth-order valence-corrected chi connectivity index (χ4v) is 3.08. The van der Waals surface area contributed by atoms with Gasteiger partial charge in [0.1, 0.15) is 5.75 Å². The molecule has 0 fully saturated rings. The second-order valence-corrected chi connectivity index (χ2v) is 5.92. The lowest BCUT2D eigenvalue weighted by Crippen LogP contribution is -2.17. The molecule has 18 heavy (non-hydrogen) atoms. The van der Waals surface area contributed by atoms with Crippen LogP contribution in [-0.2, 0) is 6.54 Å². The SMILES string of the molecule is COc1ccc(CN[C@H](C)c2cccs2)cc1Br. The van der Waals surface area contributed by atoms with Crippen LogP contribution in [-0.4, -0.2) is 7.11 Å². The summed E-state index contributed by atoms with van der Waals surface area (Å²) >= 11 is 5.29. The molecule has 0 saturated heterocycles. The van der Waals surface area contributed by atoms with Gasteiger partial charge in [-0.15, -0.1) is 11.3 Å². The van der Waals surface area contributed by atoms with Gasteiger partial charge >= 0.3 is 0 Å². The molecule has 0 bridgehead atoms. The van der Waals surface area contributed by atoms with Crippen LogP contribution in [0.25, 0.3) is 0 Å². The van der Waals surface area contributed by atoms with E-state index in [0.29, 0.717) is 6.04 Å². The van der Waals surface area contributed by atoms with Gasteiger partial charge in [-0.25, -0.2) is 0 Å². The van der Waals surface area contributed by atoms with Crippen LogP contribution in [0.2, 0.25) is 0 Å². The first-order valence-corrected chi connectivity index (χ1v) is 7.47. The van der Waals surface area contributed by atoms with E-state index in [2.05, 4.69) is 57.8 Å². The van der Waals surface area contributed by atoms with Gasteiger partial charge in [0.15, 0.2) is 0 Å². The highest BCUT2D eigenvalue weighted by atomic mass is 79.9. The Labute approximate surface area is 120 Å². The van der Waals surface area contributed by atoms with Gasteiger partial charge in [0.2, 0.25) is 0 Å². The fourth-order valence-electron chi connectivity index (χ4n) is 1.73. The van der Waals surface area contributed by atoms with Gasteiger partial charge < -0.3 is 10.1 Å². The molecule has 2 aromatic rings. The minimum absolute atomic E-state index is 0.380. The molecule has 0 amide bonds. The van der Waals surface area contributed by atoms with Crippen molar-refractivity contribution >= 4 is 27.3 Å². The molecule has 2 nitrogen and oxygen atoms in total. The molecule has 0 aliphatic carbocycles. The highest BCUT2D eigenvalue weighted by Gasteiger charge is 2.06. The standard InChI is InChI=1S/C14H16BrNOS/c1-10(14-4-3-7-18-14)16-9-11-5-6-13(17-2)12(15)8-11/h3-8,10,16H,9H2,1-2H3/t10-/m1/s1. The van der Waals surface area contributed by atoms with Crippen LogP contribution in [0.15, 0.2) is 40.2 Å². The van der Waals surface area contributed by atoms with E-state index in [4.69, 9.17) is 4.74 Å². The van der Waals surface area contributed by atoms with Crippen molar-refractivity contribution in [2.45, 2.75) is 19.5 Å². The summed E-state index contributed by atoms with van der Waals surface area (Å²) in [6, 6.07) is 10.8. The first-order chi connectivity index (χ1) is 8.70. The number of thiophene rings is 1. The molecule has 96 valence electrons. The molecular weight excluding hydrogens is 310 g/mol. The highest BCUT2D eigenvalue weighted by molar-refractivity contribution is 9.10. The van der Waals surface area contributed by atoms with Crippen molar-refractivity contribution in [3.8, 4) is 5.75 Å². The first-order valence-electron chi connectivity index (χ1n) is 5.80. The topological polar surface area (TPSA) is 21.3 Å². The zero-order chi connectivity index (χ0) is 13.0. The van der Waals surface area contributed by atoms with Crippen molar-refractivity contribution in [2.24, 2.45) is 0 Å². The summed E-state index contributed by atoms with van der Waals surface area (Å²) in [4.78, 5) is 1.36. The Morgan fingerprint density at radius 1 is 1.39 bits per heavy atom.